The second-order valence-electron chi connectivity index (χ2n) is 3.00. The molecule has 0 amide bonds. The number of ether oxygens (including phenoxy) is 1. The van der Waals surface area contributed by atoms with E-state index in [1.54, 1.807) is 6.92 Å². The molecule has 1 aromatic carbocycles. The quantitative estimate of drug-likeness (QED) is 0.622. The first-order chi connectivity index (χ1) is 7.41. The lowest BCUT2D eigenvalue weighted by molar-refractivity contribution is -0.0497. The zero-order valence-corrected chi connectivity index (χ0v) is 10.6. The summed E-state index contributed by atoms with van der Waals surface area (Å²) in [6, 6.07) is 3.94. The van der Waals surface area contributed by atoms with E-state index in [1.165, 1.54) is 18.2 Å². The lowest BCUT2D eigenvalue weighted by Crippen LogP contribution is -2.10. The number of hydrogen-bond donors (Lipinski definition) is 0. The molecular formula is C10H8BrClF2O2. The molecule has 6 heteroatoms. The van der Waals surface area contributed by atoms with Crippen LogP contribution in [0.5, 0.6) is 5.75 Å². The zero-order valence-electron chi connectivity index (χ0n) is 8.22. The summed E-state index contributed by atoms with van der Waals surface area (Å²) in [5.41, 5.74) is 0.344. The molecule has 0 bridgehead atoms. The average molecular weight is 314 g/mol. The maximum absolute atomic E-state index is 11.9. The van der Waals surface area contributed by atoms with Crippen LogP contribution < -0.4 is 4.74 Å². The van der Waals surface area contributed by atoms with Crippen LogP contribution in [0.3, 0.4) is 0 Å². The van der Waals surface area contributed by atoms with Gasteiger partial charge in [0.2, 0.25) is 0 Å². The van der Waals surface area contributed by atoms with Crippen LogP contribution in [0.2, 0.25) is 5.02 Å². The molecular weight excluding hydrogens is 305 g/mol. The molecule has 1 atom stereocenters. The van der Waals surface area contributed by atoms with Crippen molar-refractivity contribution in [1.82, 2.24) is 0 Å². The fraction of sp³-hybridized carbons (Fsp3) is 0.300. The van der Waals surface area contributed by atoms with E-state index >= 15 is 0 Å². The second-order valence-corrected chi connectivity index (χ2v) is 4.78. The van der Waals surface area contributed by atoms with Crippen LogP contribution in [-0.2, 0) is 0 Å². The molecule has 2 nitrogen and oxygen atoms in total. The third-order valence-electron chi connectivity index (χ3n) is 1.79. The molecule has 16 heavy (non-hydrogen) atoms. The highest BCUT2D eigenvalue weighted by Gasteiger charge is 2.15. The fourth-order valence-electron chi connectivity index (χ4n) is 1.08. The number of ketones is 1. The van der Waals surface area contributed by atoms with Gasteiger partial charge in [-0.25, -0.2) is 0 Å². The highest BCUT2D eigenvalue weighted by atomic mass is 79.9. The molecule has 0 spiro atoms. The molecule has 0 aliphatic carbocycles. The van der Waals surface area contributed by atoms with Crippen LogP contribution in [0.15, 0.2) is 18.2 Å². The molecule has 0 aliphatic rings. The third kappa shape index (κ3) is 3.42. The van der Waals surface area contributed by atoms with Gasteiger partial charge in [-0.05, 0) is 25.1 Å². The van der Waals surface area contributed by atoms with Crippen molar-refractivity contribution >= 4 is 33.3 Å². The SMILES string of the molecule is CC(Br)C(=O)c1ccc(OC(F)F)c(Cl)c1. The number of alkyl halides is 3. The number of hydrogen-bond acceptors (Lipinski definition) is 2. The van der Waals surface area contributed by atoms with E-state index in [1.807, 2.05) is 0 Å². The zero-order chi connectivity index (χ0) is 12.3. The van der Waals surface area contributed by atoms with Crippen LogP contribution in [0.1, 0.15) is 17.3 Å². The van der Waals surface area contributed by atoms with Crippen molar-refractivity contribution < 1.29 is 18.3 Å². The largest absolute Gasteiger partial charge is 0.433 e. The molecule has 0 fully saturated rings. The number of rotatable bonds is 4. The molecule has 1 aromatic rings. The standard InChI is InChI=1S/C10H8BrClF2O2/c1-5(11)9(15)6-2-3-8(7(12)4-6)16-10(13)14/h2-5,10H,1H3. The van der Waals surface area contributed by atoms with Crippen molar-refractivity contribution in [2.75, 3.05) is 0 Å². The highest BCUT2D eigenvalue weighted by Crippen LogP contribution is 2.27. The summed E-state index contributed by atoms with van der Waals surface area (Å²) in [6.07, 6.45) is 0. The van der Waals surface area contributed by atoms with Crippen molar-refractivity contribution in [3.05, 3.63) is 28.8 Å². The summed E-state index contributed by atoms with van der Waals surface area (Å²) in [4.78, 5) is 11.2. The van der Waals surface area contributed by atoms with Gasteiger partial charge in [-0.2, -0.15) is 8.78 Å². The van der Waals surface area contributed by atoms with Gasteiger partial charge in [0.25, 0.3) is 0 Å². The van der Waals surface area contributed by atoms with Crippen molar-refractivity contribution in [3.63, 3.8) is 0 Å². The topological polar surface area (TPSA) is 26.3 Å². The molecule has 0 saturated carbocycles. The van der Waals surface area contributed by atoms with Crippen LogP contribution in [0, 0.1) is 0 Å². The summed E-state index contributed by atoms with van der Waals surface area (Å²) in [6.45, 7) is -1.27. The maximum atomic E-state index is 11.9. The second kappa shape index (κ2) is 5.59. The van der Waals surface area contributed by atoms with Gasteiger partial charge in [-0.3, -0.25) is 4.79 Å². The van der Waals surface area contributed by atoms with Crippen molar-refractivity contribution in [2.45, 2.75) is 18.4 Å². The number of carbonyl (C=O) groups is 1. The van der Waals surface area contributed by atoms with E-state index in [2.05, 4.69) is 20.7 Å². The van der Waals surface area contributed by atoms with E-state index < -0.39 is 6.61 Å². The summed E-state index contributed by atoms with van der Waals surface area (Å²) < 4.78 is 28.0. The van der Waals surface area contributed by atoms with Gasteiger partial charge in [0, 0.05) is 5.56 Å². The average Bonchev–Trinajstić information content (AvgIpc) is 2.19. The lowest BCUT2D eigenvalue weighted by atomic mass is 10.1. The number of halogens is 4. The first kappa shape index (κ1) is 13.4. The molecule has 0 radical (unpaired) electrons. The smallest absolute Gasteiger partial charge is 0.387 e. The summed E-state index contributed by atoms with van der Waals surface area (Å²) in [5, 5.41) is -0.0145. The molecule has 88 valence electrons. The van der Waals surface area contributed by atoms with Gasteiger partial charge < -0.3 is 4.74 Å². The number of benzene rings is 1. The minimum atomic E-state index is -2.94. The summed E-state index contributed by atoms with van der Waals surface area (Å²) >= 11 is 8.81. The summed E-state index contributed by atoms with van der Waals surface area (Å²) in [7, 11) is 0. The highest BCUT2D eigenvalue weighted by molar-refractivity contribution is 9.10. The Labute approximate surface area is 105 Å². The molecule has 1 unspecified atom stereocenters. The minimum absolute atomic E-state index is 0.0145. The van der Waals surface area contributed by atoms with Crippen molar-refractivity contribution in [2.24, 2.45) is 0 Å². The Morgan fingerprint density at radius 2 is 2.12 bits per heavy atom. The predicted octanol–water partition coefficient (Wildman–Crippen LogP) is 3.91. The van der Waals surface area contributed by atoms with Gasteiger partial charge in [0.1, 0.15) is 5.75 Å². The van der Waals surface area contributed by atoms with Crippen molar-refractivity contribution in [3.8, 4) is 5.75 Å². The molecule has 0 aromatic heterocycles. The Hall–Kier alpha value is -0.680. The Morgan fingerprint density at radius 3 is 2.56 bits per heavy atom. The van der Waals surface area contributed by atoms with E-state index in [0.29, 0.717) is 5.56 Å². The molecule has 0 saturated heterocycles. The molecule has 0 aliphatic heterocycles. The van der Waals surface area contributed by atoms with E-state index in [4.69, 9.17) is 11.6 Å². The van der Waals surface area contributed by atoms with Crippen LogP contribution in [0.25, 0.3) is 0 Å². The Kier molecular flexibility index (Phi) is 4.68. The predicted molar refractivity (Wildman–Crippen MR) is 60.8 cm³/mol. The monoisotopic (exact) mass is 312 g/mol. The lowest BCUT2D eigenvalue weighted by Gasteiger charge is -2.08. The van der Waals surface area contributed by atoms with Crippen LogP contribution >= 0.6 is 27.5 Å². The van der Waals surface area contributed by atoms with Crippen LogP contribution in [0.4, 0.5) is 8.78 Å². The van der Waals surface area contributed by atoms with E-state index in [0.717, 1.165) is 0 Å². The van der Waals surface area contributed by atoms with E-state index in [9.17, 15) is 13.6 Å². The fourth-order valence-corrected chi connectivity index (χ4v) is 1.56. The van der Waals surface area contributed by atoms with Gasteiger partial charge in [0.05, 0.1) is 9.85 Å². The van der Waals surface area contributed by atoms with Gasteiger partial charge in [0.15, 0.2) is 5.78 Å². The van der Waals surface area contributed by atoms with E-state index in [-0.39, 0.29) is 21.4 Å². The Bertz CT molecular complexity index is 396. The maximum Gasteiger partial charge on any atom is 0.387 e. The summed E-state index contributed by atoms with van der Waals surface area (Å²) in [5.74, 6) is -0.319. The molecule has 0 heterocycles. The van der Waals surface area contributed by atoms with Crippen molar-refractivity contribution in [1.29, 1.82) is 0 Å². The van der Waals surface area contributed by atoms with Crippen LogP contribution in [-0.4, -0.2) is 17.2 Å². The minimum Gasteiger partial charge on any atom is -0.433 e. The Morgan fingerprint density at radius 1 is 1.50 bits per heavy atom. The Balaban J connectivity index is 2.95. The van der Waals surface area contributed by atoms with Gasteiger partial charge in [-0.1, -0.05) is 27.5 Å². The normalized spacial score (nSPS) is 12.6. The van der Waals surface area contributed by atoms with Gasteiger partial charge in [-0.15, -0.1) is 0 Å². The van der Waals surface area contributed by atoms with Gasteiger partial charge >= 0.3 is 6.61 Å². The first-order valence-corrected chi connectivity index (χ1v) is 5.64. The molecule has 0 N–H and O–H groups in total. The number of carbonyl (C=O) groups excluding carboxylic acids is 1. The third-order valence-corrected chi connectivity index (χ3v) is 2.50. The number of Topliss-reactive ketones (excluding diaryl/α,β-unsaturated/α-hetero) is 1. The first-order valence-electron chi connectivity index (χ1n) is 4.34. The molecule has 1 rings (SSSR count).